The fraction of sp³-hybridized carbons (Fsp3) is 0.286. The normalized spacial score (nSPS) is 13.8. The average molecular weight is 417 g/mol. The zero-order chi connectivity index (χ0) is 21.1. The zero-order valence-electron chi connectivity index (χ0n) is 15.8. The first-order valence-electron chi connectivity index (χ1n) is 9.40. The second-order valence-corrected chi connectivity index (χ2v) is 7.03. The van der Waals surface area contributed by atoms with Gasteiger partial charge in [-0.2, -0.15) is 13.2 Å². The summed E-state index contributed by atoms with van der Waals surface area (Å²) < 4.78 is 50.0. The van der Waals surface area contributed by atoms with E-state index in [1.807, 2.05) is 0 Å². The summed E-state index contributed by atoms with van der Waals surface area (Å²) in [6, 6.07) is 11.4. The van der Waals surface area contributed by atoms with Gasteiger partial charge in [-0.25, -0.2) is 4.98 Å². The number of benzene rings is 1. The van der Waals surface area contributed by atoms with Crippen LogP contribution in [0.3, 0.4) is 0 Å². The number of carbonyl (C=O) groups is 1. The molecule has 1 saturated carbocycles. The van der Waals surface area contributed by atoms with E-state index in [2.05, 4.69) is 20.0 Å². The number of halogens is 3. The van der Waals surface area contributed by atoms with Crippen molar-refractivity contribution in [3.05, 3.63) is 65.5 Å². The number of alkyl halides is 3. The van der Waals surface area contributed by atoms with E-state index in [1.165, 1.54) is 18.3 Å². The summed E-state index contributed by atoms with van der Waals surface area (Å²) in [6.07, 6.45) is -1.14. The molecule has 9 heteroatoms. The van der Waals surface area contributed by atoms with Crippen LogP contribution in [-0.2, 0) is 12.8 Å². The molecule has 6 nitrogen and oxygen atoms in total. The van der Waals surface area contributed by atoms with Gasteiger partial charge in [0.1, 0.15) is 12.3 Å². The Morgan fingerprint density at radius 1 is 1.17 bits per heavy atom. The number of nitrogens with one attached hydrogen (secondary N) is 1. The first-order valence-corrected chi connectivity index (χ1v) is 9.40. The molecule has 1 amide bonds. The van der Waals surface area contributed by atoms with Gasteiger partial charge in [-0.05, 0) is 24.8 Å². The van der Waals surface area contributed by atoms with Crippen LogP contribution >= 0.6 is 0 Å². The van der Waals surface area contributed by atoms with Crippen LogP contribution in [0, 0.1) is 5.92 Å². The van der Waals surface area contributed by atoms with Gasteiger partial charge in [0.05, 0.1) is 11.1 Å². The van der Waals surface area contributed by atoms with Gasteiger partial charge >= 0.3 is 6.18 Å². The van der Waals surface area contributed by atoms with Crippen molar-refractivity contribution in [2.75, 3.05) is 6.54 Å². The number of pyridine rings is 1. The fourth-order valence-electron chi connectivity index (χ4n) is 2.90. The predicted octanol–water partition coefficient (Wildman–Crippen LogP) is 4.47. The van der Waals surface area contributed by atoms with E-state index in [0.29, 0.717) is 23.6 Å². The number of nitrogens with zero attached hydrogens (tertiary/aromatic N) is 2. The maximum Gasteiger partial charge on any atom is 0.452 e. The zero-order valence-corrected chi connectivity index (χ0v) is 15.8. The van der Waals surface area contributed by atoms with Gasteiger partial charge in [-0.1, -0.05) is 35.5 Å². The maximum absolute atomic E-state index is 13.3. The largest absolute Gasteiger partial charge is 0.473 e. The number of hydrogen-bond acceptors (Lipinski definition) is 5. The molecule has 2 heterocycles. The van der Waals surface area contributed by atoms with Crippen LogP contribution in [0.25, 0.3) is 11.3 Å². The summed E-state index contributed by atoms with van der Waals surface area (Å²) in [4.78, 5) is 16.1. The van der Waals surface area contributed by atoms with Crippen molar-refractivity contribution < 1.29 is 27.2 Å². The van der Waals surface area contributed by atoms with Crippen molar-refractivity contribution in [3.63, 3.8) is 0 Å². The molecule has 1 fully saturated rings. The van der Waals surface area contributed by atoms with Gasteiger partial charge in [0, 0.05) is 24.4 Å². The van der Waals surface area contributed by atoms with E-state index in [-0.39, 0.29) is 23.0 Å². The molecular formula is C21H18F3N3O3. The summed E-state index contributed by atoms with van der Waals surface area (Å²) >= 11 is 0. The molecule has 1 aromatic carbocycles. The second kappa shape index (κ2) is 8.17. The van der Waals surface area contributed by atoms with Crippen molar-refractivity contribution in [1.29, 1.82) is 0 Å². The monoisotopic (exact) mass is 417 g/mol. The predicted molar refractivity (Wildman–Crippen MR) is 101 cm³/mol. The summed E-state index contributed by atoms with van der Waals surface area (Å²) in [5.74, 6) is -0.820. The van der Waals surface area contributed by atoms with Crippen LogP contribution in [0.15, 0.2) is 53.2 Å². The van der Waals surface area contributed by atoms with Crippen molar-refractivity contribution in [3.8, 4) is 17.1 Å². The first kappa shape index (κ1) is 19.9. The molecule has 0 radical (unpaired) electrons. The third-order valence-electron chi connectivity index (χ3n) is 4.70. The minimum absolute atomic E-state index is 0.0546. The van der Waals surface area contributed by atoms with Crippen LogP contribution in [-0.4, -0.2) is 22.6 Å². The molecule has 0 spiro atoms. The smallest absolute Gasteiger partial charge is 0.452 e. The van der Waals surface area contributed by atoms with Gasteiger partial charge in [0.25, 0.3) is 5.91 Å². The van der Waals surface area contributed by atoms with Crippen molar-refractivity contribution >= 4 is 5.91 Å². The second-order valence-electron chi connectivity index (χ2n) is 7.03. The van der Waals surface area contributed by atoms with E-state index in [1.54, 1.807) is 30.3 Å². The highest BCUT2D eigenvalue weighted by Crippen LogP contribution is 2.37. The highest BCUT2D eigenvalue weighted by Gasteiger charge is 2.40. The molecule has 0 unspecified atom stereocenters. The molecule has 0 aliphatic heterocycles. The lowest BCUT2D eigenvalue weighted by Crippen LogP contribution is -2.25. The Labute approximate surface area is 170 Å². The lowest BCUT2D eigenvalue weighted by atomic mass is 10.1. The van der Waals surface area contributed by atoms with Crippen LogP contribution in [0.4, 0.5) is 13.2 Å². The van der Waals surface area contributed by atoms with Gasteiger partial charge in [0.15, 0.2) is 0 Å². The van der Waals surface area contributed by atoms with E-state index < -0.39 is 18.5 Å². The highest BCUT2D eigenvalue weighted by atomic mass is 19.4. The number of aromatic nitrogens is 2. The Bertz CT molecular complexity index is 1010. The molecule has 0 bridgehead atoms. The standard InChI is InChI=1S/C21H18F3N3O3/c22-21(23,24)19-16(18(27-30-19)14-4-2-1-3-5-14)12-29-17-9-8-15(11-25-17)20(28)26-10-13-6-7-13/h1-5,8-9,11,13H,6-7,10,12H2,(H,26,28). The van der Waals surface area contributed by atoms with Gasteiger partial charge in [0.2, 0.25) is 11.6 Å². The Balaban J connectivity index is 1.48. The van der Waals surface area contributed by atoms with Gasteiger partial charge in [-0.15, -0.1) is 0 Å². The van der Waals surface area contributed by atoms with Crippen molar-refractivity contribution in [2.45, 2.75) is 25.6 Å². The van der Waals surface area contributed by atoms with Gasteiger partial charge in [-0.3, -0.25) is 4.79 Å². The summed E-state index contributed by atoms with van der Waals surface area (Å²) in [5, 5.41) is 6.41. The van der Waals surface area contributed by atoms with E-state index >= 15 is 0 Å². The summed E-state index contributed by atoms with van der Waals surface area (Å²) in [7, 11) is 0. The Hall–Kier alpha value is -3.36. The van der Waals surface area contributed by atoms with Crippen LogP contribution in [0.1, 0.15) is 34.5 Å². The highest BCUT2D eigenvalue weighted by molar-refractivity contribution is 5.93. The number of amides is 1. The van der Waals surface area contributed by atoms with Crippen LogP contribution in [0.5, 0.6) is 5.88 Å². The molecule has 156 valence electrons. The maximum atomic E-state index is 13.3. The quantitative estimate of drug-likeness (QED) is 0.614. The third-order valence-corrected chi connectivity index (χ3v) is 4.70. The minimum Gasteiger partial charge on any atom is -0.473 e. The molecule has 1 aliphatic carbocycles. The molecule has 2 aromatic heterocycles. The molecule has 30 heavy (non-hydrogen) atoms. The Morgan fingerprint density at radius 2 is 1.93 bits per heavy atom. The lowest BCUT2D eigenvalue weighted by molar-refractivity contribution is -0.156. The van der Waals surface area contributed by atoms with E-state index in [0.717, 1.165) is 12.8 Å². The topological polar surface area (TPSA) is 77.2 Å². The minimum atomic E-state index is -4.71. The molecule has 4 rings (SSSR count). The fourth-order valence-corrected chi connectivity index (χ4v) is 2.90. The van der Waals surface area contributed by atoms with Gasteiger partial charge < -0.3 is 14.6 Å². The Morgan fingerprint density at radius 3 is 2.57 bits per heavy atom. The average Bonchev–Trinajstić information content (AvgIpc) is 3.47. The molecular weight excluding hydrogens is 399 g/mol. The first-order chi connectivity index (χ1) is 14.4. The van der Waals surface area contributed by atoms with E-state index in [9.17, 15) is 18.0 Å². The summed E-state index contributed by atoms with van der Waals surface area (Å²) in [6.45, 7) is 0.190. The molecule has 3 aromatic rings. The molecule has 1 N–H and O–H groups in total. The number of carbonyl (C=O) groups excluding carboxylic acids is 1. The molecule has 1 aliphatic rings. The SMILES string of the molecule is O=C(NCC1CC1)c1ccc(OCc2c(-c3ccccc3)noc2C(F)(F)F)nc1. The molecule has 0 atom stereocenters. The van der Waals surface area contributed by atoms with Crippen LogP contribution in [0.2, 0.25) is 0 Å². The Kier molecular flexibility index (Phi) is 5.43. The van der Waals surface area contributed by atoms with Crippen LogP contribution < -0.4 is 10.1 Å². The molecule has 0 saturated heterocycles. The number of rotatable bonds is 7. The lowest BCUT2D eigenvalue weighted by Gasteiger charge is -2.09. The third kappa shape index (κ3) is 4.61. The van der Waals surface area contributed by atoms with E-state index in [4.69, 9.17) is 4.74 Å². The number of ether oxygens (including phenoxy) is 1. The number of hydrogen-bond donors (Lipinski definition) is 1. The van der Waals surface area contributed by atoms with Crippen molar-refractivity contribution in [1.82, 2.24) is 15.5 Å². The summed E-state index contributed by atoms with van der Waals surface area (Å²) in [5.41, 5.74) is 0.667. The van der Waals surface area contributed by atoms with Crippen molar-refractivity contribution in [2.24, 2.45) is 5.92 Å².